The molecule has 3 nitrogen and oxygen atoms in total. The predicted molar refractivity (Wildman–Crippen MR) is 30.9 cm³/mol. The van der Waals surface area contributed by atoms with Crippen molar-refractivity contribution in [3.05, 3.63) is 7.11 Å². The van der Waals surface area contributed by atoms with Gasteiger partial charge in [0.25, 0.3) is 0 Å². The van der Waals surface area contributed by atoms with Crippen LogP contribution in [0.25, 0.3) is 0 Å². The van der Waals surface area contributed by atoms with Crippen molar-refractivity contribution in [2.45, 2.75) is 0 Å². The lowest BCUT2D eigenvalue weighted by atomic mass is 10.4. The number of hydroxylamine groups is 2. The number of nitrogens with one attached hydrogen (secondary N) is 1. The van der Waals surface area contributed by atoms with Crippen molar-refractivity contribution in [2.75, 3.05) is 26.2 Å². The third kappa shape index (κ3) is 1.43. The zero-order valence-corrected chi connectivity index (χ0v) is 4.89. The summed E-state index contributed by atoms with van der Waals surface area (Å²) in [6.45, 7) is 3.91. The Bertz CT molecular complexity index is 61.4. The number of piperazine rings is 1. The zero-order chi connectivity index (χ0) is 5.82. The molecule has 3 heteroatoms. The van der Waals surface area contributed by atoms with Crippen LogP contribution >= 0.6 is 0 Å². The Hall–Kier alpha value is -0.120. The molecule has 0 atom stereocenters. The molecule has 0 aromatic rings. The highest BCUT2D eigenvalue weighted by Crippen LogP contribution is 1.89. The van der Waals surface area contributed by atoms with E-state index >= 15 is 0 Å². The maximum Gasteiger partial charge on any atom is 0.0939 e. The lowest BCUT2D eigenvalue weighted by molar-refractivity contribution is -0.114. The minimum absolute atomic E-state index is 0.948. The Balaban J connectivity index is 2.13. The Labute approximate surface area is 49.6 Å². The van der Waals surface area contributed by atoms with Gasteiger partial charge >= 0.3 is 0 Å². The molecule has 1 aliphatic heterocycles. The van der Waals surface area contributed by atoms with Crippen molar-refractivity contribution < 1.29 is 4.84 Å². The average molecular weight is 115 g/mol. The molecule has 1 radical (unpaired) electrons. The molecule has 1 N–H and O–H groups in total. The molecule has 0 saturated carbocycles. The number of hydrogen-bond donors (Lipinski definition) is 1. The molecule has 0 aliphatic carbocycles. The van der Waals surface area contributed by atoms with E-state index in [0.29, 0.717) is 0 Å². The van der Waals surface area contributed by atoms with Crippen molar-refractivity contribution in [2.24, 2.45) is 0 Å². The number of hydrogen-bond acceptors (Lipinski definition) is 3. The first-order chi connectivity index (χ1) is 3.93. The van der Waals surface area contributed by atoms with Gasteiger partial charge in [0.2, 0.25) is 0 Å². The molecular weight excluding hydrogens is 104 g/mol. The second kappa shape index (κ2) is 3.02. The van der Waals surface area contributed by atoms with E-state index in [4.69, 9.17) is 4.84 Å². The van der Waals surface area contributed by atoms with Crippen LogP contribution in [0.15, 0.2) is 0 Å². The standard InChI is InChI=1S/C5H11N2O/c1-8-7-4-2-6-3-5-7/h6H,1-5H2. The summed E-state index contributed by atoms with van der Waals surface area (Å²) >= 11 is 0. The second-order valence-electron chi connectivity index (χ2n) is 1.81. The maximum absolute atomic E-state index is 4.73. The van der Waals surface area contributed by atoms with Gasteiger partial charge in [-0.3, -0.25) is 4.84 Å². The van der Waals surface area contributed by atoms with Crippen molar-refractivity contribution in [3.63, 3.8) is 0 Å². The minimum atomic E-state index is 0.948. The number of nitrogens with zero attached hydrogens (tertiary/aromatic N) is 1. The molecule has 1 fully saturated rings. The van der Waals surface area contributed by atoms with E-state index in [1.54, 1.807) is 0 Å². The topological polar surface area (TPSA) is 24.5 Å². The fourth-order valence-corrected chi connectivity index (χ4v) is 0.773. The van der Waals surface area contributed by atoms with Gasteiger partial charge in [0.15, 0.2) is 0 Å². The fraction of sp³-hybridized carbons (Fsp3) is 0.800. The first kappa shape index (κ1) is 6.01. The zero-order valence-electron chi connectivity index (χ0n) is 4.89. The summed E-state index contributed by atoms with van der Waals surface area (Å²) in [5, 5.41) is 5.04. The number of rotatable bonds is 1. The molecule has 8 heavy (non-hydrogen) atoms. The normalized spacial score (nSPS) is 23.6. The van der Waals surface area contributed by atoms with Crippen LogP contribution in [0.1, 0.15) is 0 Å². The van der Waals surface area contributed by atoms with Crippen LogP contribution < -0.4 is 5.32 Å². The Morgan fingerprint density at radius 3 is 2.38 bits per heavy atom. The lowest BCUT2D eigenvalue weighted by Gasteiger charge is -2.23. The molecule has 0 amide bonds. The van der Waals surface area contributed by atoms with E-state index in [-0.39, 0.29) is 0 Å². The van der Waals surface area contributed by atoms with Crippen molar-refractivity contribution in [1.82, 2.24) is 10.4 Å². The largest absolute Gasteiger partial charge is 0.314 e. The summed E-state index contributed by atoms with van der Waals surface area (Å²) in [6.07, 6.45) is 0. The van der Waals surface area contributed by atoms with Crippen LogP contribution in [0.3, 0.4) is 0 Å². The van der Waals surface area contributed by atoms with Crippen molar-refractivity contribution in [3.8, 4) is 0 Å². The highest BCUT2D eigenvalue weighted by atomic mass is 16.7. The van der Waals surface area contributed by atoms with Crippen LogP contribution in [0, 0.1) is 7.11 Å². The highest BCUT2D eigenvalue weighted by Gasteiger charge is 2.06. The van der Waals surface area contributed by atoms with Gasteiger partial charge in [-0.15, -0.1) is 0 Å². The van der Waals surface area contributed by atoms with Crippen LogP contribution in [0.5, 0.6) is 0 Å². The SMILES string of the molecule is [CH2]ON1CCNCC1. The van der Waals surface area contributed by atoms with Gasteiger partial charge in [-0.2, -0.15) is 5.06 Å². The predicted octanol–water partition coefficient (Wildman–Crippen LogP) is -0.385. The van der Waals surface area contributed by atoms with E-state index in [2.05, 4.69) is 12.4 Å². The molecule has 1 saturated heterocycles. The molecule has 1 rings (SSSR count). The molecule has 47 valence electrons. The summed E-state index contributed by atoms with van der Waals surface area (Å²) in [5.41, 5.74) is 0. The van der Waals surface area contributed by atoms with Crippen molar-refractivity contribution >= 4 is 0 Å². The highest BCUT2D eigenvalue weighted by molar-refractivity contribution is 4.59. The molecule has 0 spiro atoms. The van der Waals surface area contributed by atoms with E-state index in [0.717, 1.165) is 26.2 Å². The van der Waals surface area contributed by atoms with Gasteiger partial charge in [-0.05, 0) is 0 Å². The minimum Gasteiger partial charge on any atom is -0.314 e. The summed E-state index contributed by atoms with van der Waals surface area (Å²) in [6, 6.07) is 0. The van der Waals surface area contributed by atoms with Gasteiger partial charge in [0.05, 0.1) is 7.11 Å². The first-order valence-electron chi connectivity index (χ1n) is 2.81. The van der Waals surface area contributed by atoms with Gasteiger partial charge in [0.1, 0.15) is 0 Å². The van der Waals surface area contributed by atoms with Crippen LogP contribution in [0.4, 0.5) is 0 Å². The van der Waals surface area contributed by atoms with E-state index in [1.807, 2.05) is 5.06 Å². The summed E-state index contributed by atoms with van der Waals surface area (Å²) in [7, 11) is 3.31. The van der Waals surface area contributed by atoms with Gasteiger partial charge in [-0.25, -0.2) is 0 Å². The molecule has 0 unspecified atom stereocenters. The Kier molecular flexibility index (Phi) is 2.27. The van der Waals surface area contributed by atoms with Gasteiger partial charge < -0.3 is 5.32 Å². The molecule has 1 aliphatic rings. The fourth-order valence-electron chi connectivity index (χ4n) is 0.773. The van der Waals surface area contributed by atoms with E-state index < -0.39 is 0 Å². The quantitative estimate of drug-likeness (QED) is 0.504. The van der Waals surface area contributed by atoms with E-state index in [1.165, 1.54) is 0 Å². The van der Waals surface area contributed by atoms with E-state index in [9.17, 15) is 0 Å². The van der Waals surface area contributed by atoms with Crippen molar-refractivity contribution in [1.29, 1.82) is 0 Å². The van der Waals surface area contributed by atoms with Gasteiger partial charge in [-0.1, -0.05) is 0 Å². The smallest absolute Gasteiger partial charge is 0.0939 e. The summed E-state index contributed by atoms with van der Waals surface area (Å²) < 4.78 is 0. The summed E-state index contributed by atoms with van der Waals surface area (Å²) in [4.78, 5) is 4.73. The monoisotopic (exact) mass is 115 g/mol. The van der Waals surface area contributed by atoms with Crippen LogP contribution in [0.2, 0.25) is 0 Å². The molecule has 1 heterocycles. The van der Waals surface area contributed by atoms with Gasteiger partial charge in [0, 0.05) is 26.2 Å². The molecule has 0 bridgehead atoms. The third-order valence-corrected chi connectivity index (χ3v) is 1.26. The second-order valence-corrected chi connectivity index (χ2v) is 1.81. The first-order valence-corrected chi connectivity index (χ1v) is 2.81. The Morgan fingerprint density at radius 1 is 1.38 bits per heavy atom. The third-order valence-electron chi connectivity index (χ3n) is 1.26. The molecule has 0 aromatic heterocycles. The summed E-state index contributed by atoms with van der Waals surface area (Å²) in [5.74, 6) is 0. The van der Waals surface area contributed by atoms with Crippen LogP contribution in [-0.2, 0) is 4.84 Å². The maximum atomic E-state index is 4.73. The average Bonchev–Trinajstić information content (AvgIpc) is 1.90. The molecular formula is C5H11N2O. The Morgan fingerprint density at radius 2 is 2.00 bits per heavy atom. The molecule has 0 aromatic carbocycles. The lowest BCUT2D eigenvalue weighted by Crippen LogP contribution is -2.42. The van der Waals surface area contributed by atoms with Crippen LogP contribution in [-0.4, -0.2) is 31.2 Å².